The number of hydrogen-bond acceptors (Lipinski definition) is 7. The minimum Gasteiger partial charge on any atom is -0.486 e. The summed E-state index contributed by atoms with van der Waals surface area (Å²) in [6.07, 6.45) is 0.0753. The number of carbonyl (C=O) groups excluding carboxylic acids is 2. The van der Waals surface area contributed by atoms with Gasteiger partial charge in [0.25, 0.3) is 0 Å². The lowest BCUT2D eigenvalue weighted by molar-refractivity contribution is -0.133. The van der Waals surface area contributed by atoms with Gasteiger partial charge < -0.3 is 24.1 Å². The molecule has 3 aromatic rings. The van der Waals surface area contributed by atoms with Crippen molar-refractivity contribution in [2.45, 2.75) is 20.3 Å². The standard InChI is InChI=1S/C22H23N3O5S/c1-3-25(13-20(26)23-15-6-7-17-18(11-15)29-9-8-28-17)21(27)12-16-14(2)30-22(24-16)19-5-4-10-31-19/h4-7,10-11H,3,8-9,12-13H2,1-2H3,(H,23,26). The van der Waals surface area contributed by atoms with Gasteiger partial charge in [-0.3, -0.25) is 9.59 Å². The highest BCUT2D eigenvalue weighted by atomic mass is 32.1. The van der Waals surface area contributed by atoms with Crippen molar-refractivity contribution in [3.63, 3.8) is 0 Å². The number of hydrogen-bond donors (Lipinski definition) is 1. The average Bonchev–Trinajstić information content (AvgIpc) is 3.42. The van der Waals surface area contributed by atoms with Gasteiger partial charge in [-0.2, -0.15) is 0 Å². The molecule has 0 radical (unpaired) electrons. The van der Waals surface area contributed by atoms with E-state index in [-0.39, 0.29) is 24.8 Å². The summed E-state index contributed by atoms with van der Waals surface area (Å²) in [5, 5.41) is 4.75. The van der Waals surface area contributed by atoms with Crippen LogP contribution in [0.4, 0.5) is 5.69 Å². The third kappa shape index (κ3) is 4.88. The van der Waals surface area contributed by atoms with Crippen molar-refractivity contribution in [2.75, 3.05) is 31.6 Å². The first-order valence-corrected chi connectivity index (χ1v) is 10.9. The van der Waals surface area contributed by atoms with Crippen LogP contribution >= 0.6 is 11.3 Å². The molecule has 0 saturated carbocycles. The lowest BCUT2D eigenvalue weighted by Gasteiger charge is -2.21. The van der Waals surface area contributed by atoms with Gasteiger partial charge in [0.2, 0.25) is 17.7 Å². The maximum atomic E-state index is 12.8. The Hall–Kier alpha value is -3.33. The van der Waals surface area contributed by atoms with Gasteiger partial charge in [0.05, 0.1) is 23.5 Å². The monoisotopic (exact) mass is 441 g/mol. The smallest absolute Gasteiger partial charge is 0.243 e. The maximum Gasteiger partial charge on any atom is 0.243 e. The number of thiophene rings is 1. The van der Waals surface area contributed by atoms with Crippen molar-refractivity contribution in [1.29, 1.82) is 0 Å². The van der Waals surface area contributed by atoms with Crippen LogP contribution in [0.1, 0.15) is 18.4 Å². The molecule has 8 nitrogen and oxygen atoms in total. The van der Waals surface area contributed by atoms with Gasteiger partial charge in [0.15, 0.2) is 11.5 Å². The molecule has 0 bridgehead atoms. The Morgan fingerprint density at radius 3 is 2.74 bits per heavy atom. The lowest BCUT2D eigenvalue weighted by atomic mass is 10.2. The maximum absolute atomic E-state index is 12.8. The van der Waals surface area contributed by atoms with E-state index in [0.717, 1.165) is 4.88 Å². The van der Waals surface area contributed by atoms with Crippen LogP contribution < -0.4 is 14.8 Å². The van der Waals surface area contributed by atoms with Crippen molar-refractivity contribution >= 4 is 28.8 Å². The van der Waals surface area contributed by atoms with Crippen LogP contribution in [0.25, 0.3) is 10.8 Å². The van der Waals surface area contributed by atoms with Gasteiger partial charge in [-0.25, -0.2) is 4.98 Å². The summed E-state index contributed by atoms with van der Waals surface area (Å²) in [6.45, 7) is 4.95. The molecule has 1 aromatic carbocycles. The lowest BCUT2D eigenvalue weighted by Crippen LogP contribution is -2.38. The highest BCUT2D eigenvalue weighted by molar-refractivity contribution is 7.13. The van der Waals surface area contributed by atoms with Crippen LogP contribution in [0.3, 0.4) is 0 Å². The average molecular weight is 442 g/mol. The number of benzene rings is 1. The quantitative estimate of drug-likeness (QED) is 0.603. The summed E-state index contributed by atoms with van der Waals surface area (Å²) in [7, 11) is 0. The molecule has 1 aliphatic heterocycles. The third-order valence-electron chi connectivity index (χ3n) is 4.84. The van der Waals surface area contributed by atoms with E-state index in [1.54, 1.807) is 25.1 Å². The Labute approximate surface area is 183 Å². The molecule has 1 aliphatic rings. The van der Waals surface area contributed by atoms with Gasteiger partial charge in [-0.1, -0.05) is 6.07 Å². The summed E-state index contributed by atoms with van der Waals surface area (Å²) in [5.41, 5.74) is 1.17. The molecular weight excluding hydrogens is 418 g/mol. The van der Waals surface area contributed by atoms with Crippen molar-refractivity contribution in [1.82, 2.24) is 9.88 Å². The number of nitrogens with zero attached hydrogens (tertiary/aromatic N) is 2. The number of likely N-dealkylation sites (N-methyl/N-ethyl adjacent to an activating group) is 1. The normalized spacial score (nSPS) is 12.5. The molecule has 0 spiro atoms. The fourth-order valence-corrected chi connectivity index (χ4v) is 3.87. The van der Waals surface area contributed by atoms with Crippen LogP contribution in [0.15, 0.2) is 40.1 Å². The first-order chi connectivity index (χ1) is 15.0. The van der Waals surface area contributed by atoms with E-state index in [4.69, 9.17) is 13.9 Å². The SMILES string of the molecule is CCN(CC(=O)Nc1ccc2c(c1)OCCO2)C(=O)Cc1nc(-c2cccs2)oc1C. The van der Waals surface area contributed by atoms with Gasteiger partial charge in [0, 0.05) is 18.3 Å². The Morgan fingerprint density at radius 2 is 2.00 bits per heavy atom. The Bertz CT molecular complexity index is 1080. The van der Waals surface area contributed by atoms with E-state index in [0.29, 0.717) is 54.3 Å². The Kier molecular flexibility index (Phi) is 6.22. The fraction of sp³-hybridized carbons (Fsp3) is 0.318. The first kappa shape index (κ1) is 20.9. The summed E-state index contributed by atoms with van der Waals surface area (Å²) in [5.74, 6) is 1.88. The molecule has 0 aliphatic carbocycles. The van der Waals surface area contributed by atoms with E-state index < -0.39 is 0 Å². The number of carbonyl (C=O) groups is 2. The topological polar surface area (TPSA) is 93.9 Å². The Balaban J connectivity index is 1.37. The molecule has 0 fully saturated rings. The number of anilines is 1. The summed E-state index contributed by atoms with van der Waals surface area (Å²) in [6, 6.07) is 9.06. The number of ether oxygens (including phenoxy) is 2. The zero-order valence-electron chi connectivity index (χ0n) is 17.3. The summed E-state index contributed by atoms with van der Waals surface area (Å²) in [4.78, 5) is 32.2. The number of nitrogens with one attached hydrogen (secondary N) is 1. The minimum atomic E-state index is -0.289. The summed E-state index contributed by atoms with van der Waals surface area (Å²) < 4.78 is 16.7. The highest BCUT2D eigenvalue weighted by Gasteiger charge is 2.21. The molecule has 31 heavy (non-hydrogen) atoms. The van der Waals surface area contributed by atoms with Crippen molar-refractivity contribution in [2.24, 2.45) is 0 Å². The molecule has 2 aromatic heterocycles. The second kappa shape index (κ2) is 9.22. The molecule has 1 N–H and O–H groups in total. The number of aryl methyl sites for hydroxylation is 1. The van der Waals surface area contributed by atoms with E-state index in [9.17, 15) is 9.59 Å². The molecule has 0 unspecified atom stereocenters. The van der Waals surface area contributed by atoms with Gasteiger partial charge in [-0.05, 0) is 37.4 Å². The highest BCUT2D eigenvalue weighted by Crippen LogP contribution is 2.32. The molecule has 9 heteroatoms. The second-order valence-electron chi connectivity index (χ2n) is 6.99. The largest absolute Gasteiger partial charge is 0.486 e. The molecular formula is C22H23N3O5S. The van der Waals surface area contributed by atoms with Crippen LogP contribution in [0, 0.1) is 6.92 Å². The summed E-state index contributed by atoms with van der Waals surface area (Å²) >= 11 is 1.52. The predicted molar refractivity (Wildman–Crippen MR) is 117 cm³/mol. The zero-order chi connectivity index (χ0) is 21.8. The number of amides is 2. The number of fused-ring (bicyclic) bond motifs is 1. The van der Waals surface area contributed by atoms with Gasteiger partial charge in [-0.15, -0.1) is 11.3 Å². The van der Waals surface area contributed by atoms with Crippen LogP contribution in [-0.2, 0) is 16.0 Å². The molecule has 2 amide bonds. The zero-order valence-corrected chi connectivity index (χ0v) is 18.2. The molecule has 3 heterocycles. The minimum absolute atomic E-state index is 0.0571. The molecule has 4 rings (SSSR count). The van der Waals surface area contributed by atoms with Crippen LogP contribution in [0.5, 0.6) is 11.5 Å². The van der Waals surface area contributed by atoms with Crippen LogP contribution in [-0.4, -0.2) is 48.0 Å². The van der Waals surface area contributed by atoms with Gasteiger partial charge >= 0.3 is 0 Å². The fourth-order valence-electron chi connectivity index (χ4n) is 3.22. The van der Waals surface area contributed by atoms with Crippen molar-refractivity contribution in [3.05, 3.63) is 47.2 Å². The van der Waals surface area contributed by atoms with Gasteiger partial charge in [0.1, 0.15) is 19.0 Å². The van der Waals surface area contributed by atoms with Crippen molar-refractivity contribution in [3.8, 4) is 22.3 Å². The molecule has 0 atom stereocenters. The van der Waals surface area contributed by atoms with E-state index in [1.807, 2.05) is 24.4 Å². The molecule has 0 saturated heterocycles. The number of aromatic nitrogens is 1. The van der Waals surface area contributed by atoms with E-state index >= 15 is 0 Å². The Morgan fingerprint density at radius 1 is 1.19 bits per heavy atom. The third-order valence-corrected chi connectivity index (χ3v) is 5.70. The second-order valence-corrected chi connectivity index (χ2v) is 7.94. The van der Waals surface area contributed by atoms with Crippen LogP contribution in [0.2, 0.25) is 0 Å². The number of rotatable bonds is 7. The van der Waals surface area contributed by atoms with E-state index in [2.05, 4.69) is 10.3 Å². The first-order valence-electron chi connectivity index (χ1n) is 10.0. The van der Waals surface area contributed by atoms with Crippen molar-refractivity contribution < 1.29 is 23.5 Å². The number of oxazole rings is 1. The molecule has 162 valence electrons. The predicted octanol–water partition coefficient (Wildman–Crippen LogP) is 3.51. The van der Waals surface area contributed by atoms with E-state index in [1.165, 1.54) is 16.2 Å².